The largest absolute Gasteiger partial charge is 0.398 e. The van der Waals surface area contributed by atoms with Gasteiger partial charge in [0.25, 0.3) is 5.56 Å². The summed E-state index contributed by atoms with van der Waals surface area (Å²) in [5.74, 6) is -0.117. The SMILES string of the molecule is C=CC(=O)N1CC(C)N(c2nc(=O)n(-c3c(C)cc(CN(C)C)cc3C(C)C)c3nc(-c4ccccc4F)c(Cl)cc23)CC1C.C=CC(=O)N1CC(C)N(c2nc(=O)n(-c3c(C)cc(N4CCC4)nc3C(C)C)c3nc(-c4ccccc4F)c(Cl)cc23)CC1C.C=CC(=O)N1CCN(c2c(C(=C)N)c(=O)n(-c3c(C)ccnc3C(C)C)c3nc(-c4ccccc4F)c(Cl)cc23)CC1. The number of aromatic nitrogens is 10. The van der Waals surface area contributed by atoms with Gasteiger partial charge in [-0.05, 0) is 200 Å². The first kappa shape index (κ1) is 95.2. The number of pyridine rings is 6. The van der Waals surface area contributed by atoms with Crippen LogP contribution in [0, 0.1) is 38.2 Å². The maximum atomic E-state index is 15.1. The van der Waals surface area contributed by atoms with Crippen LogP contribution in [0.15, 0.2) is 180 Å². The quantitative estimate of drug-likeness (QED) is 0.0738. The molecule has 4 aromatic carbocycles. The Morgan fingerprint density at radius 3 is 1.34 bits per heavy atom. The van der Waals surface area contributed by atoms with Gasteiger partial charge in [0.05, 0.1) is 82.6 Å². The molecule has 0 bridgehead atoms. The van der Waals surface area contributed by atoms with Crippen molar-refractivity contribution in [3.8, 4) is 50.8 Å². The number of piperazine rings is 3. The van der Waals surface area contributed by atoms with E-state index < -0.39 is 34.4 Å². The molecule has 3 amide bonds. The molecule has 4 fully saturated rings. The van der Waals surface area contributed by atoms with E-state index in [1.165, 1.54) is 45.6 Å². The molecule has 132 heavy (non-hydrogen) atoms. The Bertz CT molecular complexity index is 6820. The molecule has 4 atom stereocenters. The van der Waals surface area contributed by atoms with Crippen molar-refractivity contribution in [3.63, 3.8) is 0 Å². The Labute approximate surface area is 780 Å². The third-order valence-corrected chi connectivity index (χ3v) is 25.6. The summed E-state index contributed by atoms with van der Waals surface area (Å²) in [5, 5.41) is 2.33. The molecule has 0 aliphatic carbocycles. The van der Waals surface area contributed by atoms with E-state index in [2.05, 4.69) is 77.0 Å². The van der Waals surface area contributed by atoms with E-state index in [-0.39, 0.29) is 125 Å². The first-order valence-electron chi connectivity index (χ1n) is 44.2. The van der Waals surface area contributed by atoms with E-state index in [9.17, 15) is 28.8 Å². The Balaban J connectivity index is 0.000000159. The number of amides is 3. The molecule has 25 nitrogen and oxygen atoms in total. The molecule has 12 aromatic rings. The van der Waals surface area contributed by atoms with Crippen molar-refractivity contribution in [2.45, 2.75) is 145 Å². The lowest BCUT2D eigenvalue weighted by Gasteiger charge is -2.44. The van der Waals surface area contributed by atoms with Gasteiger partial charge in [-0.25, -0.2) is 51.8 Å². The molecule has 4 aliphatic rings. The number of hydrogen-bond donors (Lipinski definition) is 1. The van der Waals surface area contributed by atoms with Crippen LogP contribution in [0.4, 0.5) is 36.3 Å². The van der Waals surface area contributed by atoms with Crippen LogP contribution < -0.4 is 42.3 Å². The highest BCUT2D eigenvalue weighted by atomic mass is 35.5. The van der Waals surface area contributed by atoms with Gasteiger partial charge in [0.2, 0.25) is 17.7 Å². The van der Waals surface area contributed by atoms with Crippen molar-refractivity contribution in [1.82, 2.24) is 68.2 Å². The van der Waals surface area contributed by atoms with Gasteiger partial charge in [0.1, 0.15) is 40.6 Å². The van der Waals surface area contributed by atoms with E-state index in [4.69, 9.17) is 60.5 Å². The maximum absolute atomic E-state index is 15.1. The lowest BCUT2D eigenvalue weighted by atomic mass is 9.94. The van der Waals surface area contributed by atoms with Crippen LogP contribution in [0.5, 0.6) is 0 Å². The molecule has 4 unspecified atom stereocenters. The fourth-order valence-corrected chi connectivity index (χ4v) is 18.8. The lowest BCUT2D eigenvalue weighted by Crippen LogP contribution is -2.58. The first-order chi connectivity index (χ1) is 62.9. The molecule has 0 radical (unpaired) electrons. The summed E-state index contributed by atoms with van der Waals surface area (Å²) in [7, 11) is 4.04. The fourth-order valence-electron chi connectivity index (χ4n) is 18.1. The standard InChI is InChI=1S/C35H40ClFN6O2.C34H37ClFN7O2.C32H32ClFN6O2/c1-9-30(44)41-17-23(6)42(18-22(41)5)33-27-16-28(36)31(25-12-10-11-13-29(25)37)38-34(27)43(35(45)39-33)32-21(4)14-24(19-40(7)8)15-26(32)20(2)3;1-7-28(44)41-17-22(6)42(18-21(41)5)32-24-16-25(35)30(23-11-8-9-12-26(23)36)38-33(24)43(34(45)39-32)31-20(4)15-27(40-13-10-14-40)37-29(31)19(2)3;1-6-25(41)38-13-15-39(16-14-38)30-22-17-23(33)28(21-9-7-8-10-24(21)34)37-31(22)40(32(42)26(30)20(5)35)29-19(4)11-12-36-27(29)18(2)3/h9-16,20,22-23H,1,17-19H2,2-8H3;7-9,11-12,15-16,19,21-22H,1,10,13-14,17-18H2,2-6H3;6-12,17-18H,1,5,13-16,35H2,2-4H3. The molecule has 2 N–H and O–H groups in total. The number of nitrogens with zero attached hydrogens (tertiary/aromatic N) is 18. The molecule has 8 aromatic heterocycles. The van der Waals surface area contributed by atoms with E-state index >= 15 is 13.2 Å². The second kappa shape index (κ2) is 39.3. The molecule has 16 rings (SSSR count). The van der Waals surface area contributed by atoms with Crippen molar-refractivity contribution in [2.24, 2.45) is 5.73 Å². The zero-order valence-corrected chi connectivity index (χ0v) is 79.2. The minimum Gasteiger partial charge on any atom is -0.398 e. The monoisotopic (exact) mass is 1850 g/mol. The van der Waals surface area contributed by atoms with Crippen molar-refractivity contribution in [3.05, 3.63) is 275 Å². The number of aryl methyl sites for hydroxylation is 3. The van der Waals surface area contributed by atoms with Crippen molar-refractivity contribution in [1.29, 1.82) is 0 Å². The van der Waals surface area contributed by atoms with Gasteiger partial charge in [-0.2, -0.15) is 9.97 Å². The van der Waals surface area contributed by atoms with Crippen LogP contribution in [0.3, 0.4) is 0 Å². The Morgan fingerprint density at radius 1 is 0.492 bits per heavy atom. The van der Waals surface area contributed by atoms with Crippen LogP contribution >= 0.6 is 34.8 Å². The van der Waals surface area contributed by atoms with Gasteiger partial charge >= 0.3 is 11.4 Å². The highest BCUT2D eigenvalue weighted by molar-refractivity contribution is 6.35. The molecule has 0 spiro atoms. The van der Waals surface area contributed by atoms with Gasteiger partial charge in [0.15, 0.2) is 11.3 Å². The van der Waals surface area contributed by atoms with Crippen molar-refractivity contribution < 1.29 is 27.6 Å². The molecule has 31 heteroatoms. The van der Waals surface area contributed by atoms with E-state index in [0.29, 0.717) is 120 Å². The number of fused-ring (bicyclic) bond motifs is 3. The minimum atomic E-state index is -0.528. The van der Waals surface area contributed by atoms with E-state index in [1.807, 2.05) is 117 Å². The molecular formula is C101H109Cl3F3N19O6. The maximum Gasteiger partial charge on any atom is 0.355 e. The fraction of sp³-hybridized carbons (Fsp3) is 0.337. The number of carbonyl (C=O) groups excluding carboxylic acids is 3. The number of benzene rings is 4. The summed E-state index contributed by atoms with van der Waals surface area (Å²) in [5.41, 5.74) is 16.0. The number of halogens is 6. The summed E-state index contributed by atoms with van der Waals surface area (Å²) >= 11 is 20.5. The average molecular weight is 1850 g/mol. The molecule has 0 saturated carbocycles. The topological polar surface area (TPSA) is 259 Å². The molecule has 4 aliphatic heterocycles. The number of carbonyl (C=O) groups is 3. The molecule has 686 valence electrons. The molecule has 4 saturated heterocycles. The Hall–Kier alpha value is -12.9. The summed E-state index contributed by atoms with van der Waals surface area (Å²) in [6.45, 7) is 46.9. The highest BCUT2D eigenvalue weighted by Gasteiger charge is 2.39. The summed E-state index contributed by atoms with van der Waals surface area (Å²) in [4.78, 5) is 130. The Kier molecular flexibility index (Phi) is 28.3. The van der Waals surface area contributed by atoms with E-state index in [0.717, 1.165) is 65.4 Å². The highest BCUT2D eigenvalue weighted by Crippen LogP contribution is 2.44. The molecule has 12 heterocycles. The smallest absolute Gasteiger partial charge is 0.355 e. The van der Waals surface area contributed by atoms with Gasteiger partial charge < -0.3 is 44.9 Å². The second-order valence-electron chi connectivity index (χ2n) is 35.4. The van der Waals surface area contributed by atoms with Crippen LogP contribution in [-0.2, 0) is 20.9 Å². The molecular weight excluding hydrogens is 1740 g/mol. The van der Waals surface area contributed by atoms with Crippen molar-refractivity contribution >= 4 is 114 Å². The predicted molar refractivity (Wildman–Crippen MR) is 524 cm³/mol. The number of anilines is 4. The number of rotatable bonds is 19. The van der Waals surface area contributed by atoms with Gasteiger partial charge in [0, 0.05) is 130 Å². The van der Waals surface area contributed by atoms with Gasteiger partial charge in [-0.3, -0.25) is 28.7 Å². The van der Waals surface area contributed by atoms with E-state index in [1.54, 1.807) is 98.3 Å². The summed E-state index contributed by atoms with van der Waals surface area (Å²) < 4.78 is 49.8. The normalized spacial score (nSPS) is 16.4. The number of nitrogens with two attached hydrogens (primary N) is 1. The Morgan fingerprint density at radius 2 is 0.924 bits per heavy atom. The number of hydrogen-bond acceptors (Lipinski definition) is 19. The van der Waals surface area contributed by atoms with Crippen LogP contribution in [0.25, 0.3) is 89.6 Å². The third-order valence-electron chi connectivity index (χ3n) is 24.7. The minimum absolute atomic E-state index is 0.0174. The zero-order chi connectivity index (χ0) is 95.2. The summed E-state index contributed by atoms with van der Waals surface area (Å²) in [6, 6.07) is 31.4. The van der Waals surface area contributed by atoms with Crippen LogP contribution in [0.2, 0.25) is 15.1 Å². The van der Waals surface area contributed by atoms with Crippen LogP contribution in [0.1, 0.15) is 138 Å². The first-order valence-corrected chi connectivity index (χ1v) is 45.3. The zero-order valence-electron chi connectivity index (χ0n) is 77.0. The second-order valence-corrected chi connectivity index (χ2v) is 36.6. The van der Waals surface area contributed by atoms with Crippen molar-refractivity contribution in [2.75, 3.05) is 99.1 Å². The van der Waals surface area contributed by atoms with Gasteiger partial charge in [-0.15, -0.1) is 0 Å². The average Bonchev–Trinajstić information content (AvgIpc) is 0.724. The summed E-state index contributed by atoms with van der Waals surface area (Å²) in [6.07, 6.45) is 6.75. The third kappa shape index (κ3) is 18.5. The van der Waals surface area contributed by atoms with Gasteiger partial charge in [-0.1, -0.05) is 151 Å². The lowest BCUT2D eigenvalue weighted by molar-refractivity contribution is -0.129. The van der Waals surface area contributed by atoms with Crippen LogP contribution in [-0.4, -0.2) is 190 Å². The predicted octanol–water partition coefficient (Wildman–Crippen LogP) is 17.7.